The van der Waals surface area contributed by atoms with E-state index in [1.165, 1.54) is 4.31 Å². The molecule has 0 spiro atoms. The highest BCUT2D eigenvalue weighted by Crippen LogP contribution is 2.20. The number of nitrogens with one attached hydrogen (secondary N) is 1. The van der Waals surface area contributed by atoms with Gasteiger partial charge in [-0.3, -0.25) is 4.79 Å². The Hall–Kier alpha value is -0.660. The number of nitrogens with zero attached hydrogens (tertiary/aromatic N) is 1. The van der Waals surface area contributed by atoms with Crippen molar-refractivity contribution in [3.8, 4) is 0 Å². The summed E-state index contributed by atoms with van der Waals surface area (Å²) in [5, 5.41) is 11.9. The van der Waals surface area contributed by atoms with Crippen LogP contribution in [0.2, 0.25) is 0 Å². The molecule has 0 aromatic heterocycles. The van der Waals surface area contributed by atoms with Gasteiger partial charge < -0.3 is 10.4 Å². The lowest BCUT2D eigenvalue weighted by atomic mass is 9.96. The molecule has 21 heavy (non-hydrogen) atoms. The third-order valence-corrected chi connectivity index (χ3v) is 6.14. The predicted molar refractivity (Wildman–Crippen MR) is 82.3 cm³/mol. The number of hydrogen-bond donors (Lipinski definition) is 2. The fourth-order valence-electron chi connectivity index (χ4n) is 2.60. The van der Waals surface area contributed by atoms with Gasteiger partial charge in [-0.2, -0.15) is 0 Å². The van der Waals surface area contributed by atoms with Crippen molar-refractivity contribution in [1.82, 2.24) is 9.62 Å². The number of carbonyl (C=O) groups is 1. The first kappa shape index (κ1) is 18.4. The maximum absolute atomic E-state index is 12.1. The van der Waals surface area contributed by atoms with E-state index in [-0.39, 0.29) is 24.2 Å². The molecule has 2 N–H and O–H groups in total. The molecule has 0 saturated carbocycles. The van der Waals surface area contributed by atoms with Crippen LogP contribution in [0.5, 0.6) is 0 Å². The predicted octanol–water partition coefficient (Wildman–Crippen LogP) is 0.573. The maximum atomic E-state index is 12.1. The third-order valence-electron chi connectivity index (χ3n) is 4.26. The van der Waals surface area contributed by atoms with Gasteiger partial charge in [0.2, 0.25) is 15.9 Å². The Morgan fingerprint density at radius 2 is 1.95 bits per heavy atom. The van der Waals surface area contributed by atoms with Crippen molar-refractivity contribution in [2.45, 2.75) is 39.5 Å². The first-order chi connectivity index (χ1) is 9.94. The Balaban J connectivity index is 2.38. The molecule has 1 atom stereocenters. The van der Waals surface area contributed by atoms with E-state index < -0.39 is 10.0 Å². The fourth-order valence-corrected chi connectivity index (χ4v) is 3.73. The lowest BCUT2D eigenvalue weighted by molar-refractivity contribution is -0.126. The van der Waals surface area contributed by atoms with E-state index >= 15 is 0 Å². The van der Waals surface area contributed by atoms with E-state index in [0.717, 1.165) is 6.42 Å². The van der Waals surface area contributed by atoms with Crippen LogP contribution in [-0.4, -0.2) is 55.7 Å². The van der Waals surface area contributed by atoms with E-state index in [1.807, 2.05) is 6.92 Å². The molecular formula is C14H28N2O4S. The van der Waals surface area contributed by atoms with Crippen molar-refractivity contribution in [3.05, 3.63) is 0 Å². The number of piperidine rings is 1. The van der Waals surface area contributed by atoms with Gasteiger partial charge in [-0.15, -0.1) is 0 Å². The molecule has 6 nitrogen and oxygen atoms in total. The molecule has 7 heteroatoms. The SMILES string of the molecule is CCC(CCO)CNC(=O)C1CCN(S(=O)(=O)CC)CC1. The standard InChI is InChI=1S/C14H28N2O4S/c1-3-12(7-10-17)11-15-14(18)13-5-8-16(9-6-13)21(19,20)4-2/h12-13,17H,3-11H2,1-2H3,(H,15,18). The molecule has 1 aliphatic rings. The van der Waals surface area contributed by atoms with Crippen LogP contribution in [0.3, 0.4) is 0 Å². The van der Waals surface area contributed by atoms with Gasteiger partial charge in [-0.05, 0) is 32.1 Å². The van der Waals surface area contributed by atoms with Crippen molar-refractivity contribution < 1.29 is 18.3 Å². The number of aliphatic hydroxyl groups excluding tert-OH is 1. The van der Waals surface area contributed by atoms with Crippen molar-refractivity contribution in [2.24, 2.45) is 11.8 Å². The number of rotatable bonds is 8. The largest absolute Gasteiger partial charge is 0.396 e. The Morgan fingerprint density at radius 3 is 2.43 bits per heavy atom. The molecule has 1 unspecified atom stereocenters. The molecule has 1 rings (SSSR count). The summed E-state index contributed by atoms with van der Waals surface area (Å²) in [6.45, 7) is 5.27. The average Bonchev–Trinajstić information content (AvgIpc) is 2.51. The van der Waals surface area contributed by atoms with Gasteiger partial charge in [-0.1, -0.05) is 13.3 Å². The van der Waals surface area contributed by atoms with Crippen LogP contribution in [-0.2, 0) is 14.8 Å². The minimum absolute atomic E-state index is 0.0138. The van der Waals surface area contributed by atoms with Gasteiger partial charge in [0, 0.05) is 32.2 Å². The topological polar surface area (TPSA) is 86.7 Å². The average molecular weight is 320 g/mol. The molecule has 0 aromatic carbocycles. The molecule has 1 saturated heterocycles. The smallest absolute Gasteiger partial charge is 0.223 e. The van der Waals surface area contributed by atoms with Gasteiger partial charge in [0.05, 0.1) is 5.75 Å². The maximum Gasteiger partial charge on any atom is 0.223 e. The van der Waals surface area contributed by atoms with E-state index in [1.54, 1.807) is 6.92 Å². The highest BCUT2D eigenvalue weighted by atomic mass is 32.2. The first-order valence-electron chi connectivity index (χ1n) is 7.81. The van der Waals surface area contributed by atoms with E-state index in [4.69, 9.17) is 5.11 Å². The number of carbonyl (C=O) groups excluding carboxylic acids is 1. The summed E-state index contributed by atoms with van der Waals surface area (Å²) in [4.78, 5) is 12.1. The normalized spacial score (nSPS) is 19.4. The molecule has 1 amide bonds. The second-order valence-corrected chi connectivity index (χ2v) is 7.86. The number of sulfonamides is 1. The summed E-state index contributed by atoms with van der Waals surface area (Å²) >= 11 is 0. The molecule has 0 aliphatic carbocycles. The van der Waals surface area contributed by atoms with Gasteiger partial charge in [0.15, 0.2) is 0 Å². The quantitative estimate of drug-likeness (QED) is 0.685. The first-order valence-corrected chi connectivity index (χ1v) is 9.41. The molecule has 0 radical (unpaired) electrons. The second kappa shape index (κ2) is 8.70. The Labute approximate surface area is 128 Å². The lowest BCUT2D eigenvalue weighted by Crippen LogP contribution is -2.44. The summed E-state index contributed by atoms with van der Waals surface area (Å²) in [6.07, 6.45) is 2.79. The Bertz CT molecular complexity index is 417. The summed E-state index contributed by atoms with van der Waals surface area (Å²) < 4.78 is 25.0. The molecule has 0 bridgehead atoms. The van der Waals surface area contributed by atoms with E-state index in [9.17, 15) is 13.2 Å². The van der Waals surface area contributed by atoms with Crippen LogP contribution in [0.1, 0.15) is 39.5 Å². The summed E-state index contributed by atoms with van der Waals surface area (Å²) in [6, 6.07) is 0. The van der Waals surface area contributed by atoms with Crippen molar-refractivity contribution in [3.63, 3.8) is 0 Å². The van der Waals surface area contributed by atoms with Crippen LogP contribution >= 0.6 is 0 Å². The zero-order valence-corrected chi connectivity index (χ0v) is 13.9. The molecule has 1 aliphatic heterocycles. The second-order valence-electron chi connectivity index (χ2n) is 5.61. The minimum Gasteiger partial charge on any atom is -0.396 e. The summed E-state index contributed by atoms with van der Waals surface area (Å²) in [7, 11) is -3.13. The molecular weight excluding hydrogens is 292 g/mol. The number of hydrogen-bond acceptors (Lipinski definition) is 4. The fraction of sp³-hybridized carbons (Fsp3) is 0.929. The van der Waals surface area contributed by atoms with Gasteiger partial charge >= 0.3 is 0 Å². The summed E-state index contributed by atoms with van der Waals surface area (Å²) in [5.74, 6) is 0.336. The van der Waals surface area contributed by atoms with Crippen molar-refractivity contribution in [2.75, 3.05) is 32.0 Å². The van der Waals surface area contributed by atoms with Gasteiger partial charge in [-0.25, -0.2) is 12.7 Å². The molecule has 1 heterocycles. The Morgan fingerprint density at radius 1 is 1.33 bits per heavy atom. The molecule has 124 valence electrons. The van der Waals surface area contributed by atoms with E-state index in [0.29, 0.717) is 44.8 Å². The minimum atomic E-state index is -3.13. The van der Waals surface area contributed by atoms with Crippen LogP contribution in [0.15, 0.2) is 0 Å². The van der Waals surface area contributed by atoms with Gasteiger partial charge in [0.25, 0.3) is 0 Å². The lowest BCUT2D eigenvalue weighted by Gasteiger charge is -2.30. The monoisotopic (exact) mass is 320 g/mol. The highest BCUT2D eigenvalue weighted by molar-refractivity contribution is 7.89. The molecule has 1 fully saturated rings. The zero-order valence-electron chi connectivity index (χ0n) is 13.0. The van der Waals surface area contributed by atoms with Crippen molar-refractivity contribution >= 4 is 15.9 Å². The van der Waals surface area contributed by atoms with Crippen LogP contribution in [0.4, 0.5) is 0 Å². The third kappa shape index (κ3) is 5.56. The van der Waals surface area contributed by atoms with Crippen LogP contribution < -0.4 is 5.32 Å². The van der Waals surface area contributed by atoms with Crippen LogP contribution in [0.25, 0.3) is 0 Å². The highest BCUT2D eigenvalue weighted by Gasteiger charge is 2.30. The van der Waals surface area contributed by atoms with Gasteiger partial charge in [0.1, 0.15) is 0 Å². The Kier molecular flexibility index (Phi) is 7.62. The summed E-state index contributed by atoms with van der Waals surface area (Å²) in [5.41, 5.74) is 0. The zero-order chi connectivity index (χ0) is 15.9. The number of amides is 1. The van der Waals surface area contributed by atoms with Crippen LogP contribution in [0, 0.1) is 11.8 Å². The number of aliphatic hydroxyl groups is 1. The van der Waals surface area contributed by atoms with Crippen molar-refractivity contribution in [1.29, 1.82) is 0 Å². The molecule has 0 aromatic rings. The van der Waals surface area contributed by atoms with E-state index in [2.05, 4.69) is 5.32 Å².